The van der Waals surface area contributed by atoms with E-state index in [0.29, 0.717) is 12.0 Å². The van der Waals surface area contributed by atoms with E-state index in [4.69, 9.17) is 4.74 Å². The Morgan fingerprint density at radius 3 is 2.41 bits per heavy atom. The van der Waals surface area contributed by atoms with E-state index in [1.807, 2.05) is 30.7 Å². The molecular weight excluding hydrogens is 438 g/mol. The lowest BCUT2D eigenvalue weighted by Crippen LogP contribution is -2.31. The highest BCUT2D eigenvalue weighted by Crippen LogP contribution is 2.27. The Morgan fingerprint density at radius 1 is 1.09 bits per heavy atom. The fourth-order valence-corrected chi connectivity index (χ4v) is 3.95. The van der Waals surface area contributed by atoms with Crippen molar-refractivity contribution in [1.29, 1.82) is 0 Å². The molecule has 2 aromatic rings. The third-order valence-electron chi connectivity index (χ3n) is 4.78. The van der Waals surface area contributed by atoms with E-state index in [9.17, 15) is 28.1 Å². The average Bonchev–Trinajstić information content (AvgIpc) is 2.80. The Bertz CT molecular complexity index is 1130. The van der Waals surface area contributed by atoms with Crippen molar-refractivity contribution in [3.05, 3.63) is 63.2 Å². The van der Waals surface area contributed by atoms with E-state index in [1.165, 1.54) is 19.2 Å². The summed E-state index contributed by atoms with van der Waals surface area (Å²) in [7, 11) is -2.75. The third-order valence-corrected chi connectivity index (χ3v) is 6.18. The number of carbonyl (C=O) groups excluding carboxylic acids is 2. The van der Waals surface area contributed by atoms with Crippen molar-refractivity contribution in [3.8, 4) is 0 Å². The third kappa shape index (κ3) is 6.11. The van der Waals surface area contributed by atoms with Crippen molar-refractivity contribution in [3.63, 3.8) is 0 Å². The largest absolute Gasteiger partial charge is 0.456 e. The molecule has 172 valence electrons. The Balaban J connectivity index is 2.02. The monoisotopic (exact) mass is 463 g/mol. The second kappa shape index (κ2) is 10.8. The Kier molecular flexibility index (Phi) is 8.44. The minimum Gasteiger partial charge on any atom is -0.456 e. The summed E-state index contributed by atoms with van der Waals surface area (Å²) in [6.07, 6.45) is 1.39. The van der Waals surface area contributed by atoms with Gasteiger partial charge < -0.3 is 10.1 Å². The van der Waals surface area contributed by atoms with E-state index >= 15 is 0 Å². The van der Waals surface area contributed by atoms with Gasteiger partial charge in [-0.1, -0.05) is 26.0 Å². The zero-order chi connectivity index (χ0) is 23.9. The van der Waals surface area contributed by atoms with Gasteiger partial charge in [0.2, 0.25) is 15.8 Å². The number of ether oxygens (including phenoxy) is 1. The van der Waals surface area contributed by atoms with Crippen LogP contribution in [-0.4, -0.2) is 45.3 Å². The van der Waals surface area contributed by atoms with Crippen molar-refractivity contribution in [2.75, 3.05) is 25.5 Å². The fraction of sp³-hybridized carbons (Fsp3) is 0.333. The molecule has 0 saturated heterocycles. The van der Waals surface area contributed by atoms with Crippen LogP contribution in [0.3, 0.4) is 0 Å². The second-order valence-corrected chi connectivity index (χ2v) is 8.56. The highest BCUT2D eigenvalue weighted by atomic mass is 32.2. The highest BCUT2D eigenvalue weighted by molar-refractivity contribution is 7.89. The lowest BCUT2D eigenvalue weighted by atomic mass is 9.98. The summed E-state index contributed by atoms with van der Waals surface area (Å²) in [4.78, 5) is 34.5. The van der Waals surface area contributed by atoms with Crippen LogP contribution in [0.1, 0.15) is 35.3 Å². The first-order valence-electron chi connectivity index (χ1n) is 9.89. The lowest BCUT2D eigenvalue weighted by Gasteiger charge is -2.11. The molecule has 2 N–H and O–H groups in total. The predicted octanol–water partition coefficient (Wildman–Crippen LogP) is 2.47. The van der Waals surface area contributed by atoms with Gasteiger partial charge in [0.05, 0.1) is 9.82 Å². The van der Waals surface area contributed by atoms with Crippen LogP contribution in [0.4, 0.5) is 11.4 Å². The van der Waals surface area contributed by atoms with Crippen LogP contribution >= 0.6 is 0 Å². The SMILES string of the molecule is CCc1ccc(CC)c(C(=O)COC(=O)CNS(=O)(=O)c2ccc(NC)c([N+](=O)[O-])c2)c1. The molecule has 0 saturated carbocycles. The number of sulfonamides is 1. The molecule has 0 aliphatic rings. The topological polar surface area (TPSA) is 145 Å². The van der Waals surface area contributed by atoms with E-state index in [0.717, 1.165) is 23.6 Å². The molecule has 0 bridgehead atoms. The summed E-state index contributed by atoms with van der Waals surface area (Å²) in [6.45, 7) is 2.62. The van der Waals surface area contributed by atoms with Gasteiger partial charge in [0.15, 0.2) is 6.61 Å². The molecule has 0 radical (unpaired) electrons. The van der Waals surface area contributed by atoms with Crippen LogP contribution in [0.5, 0.6) is 0 Å². The maximum atomic E-state index is 12.5. The van der Waals surface area contributed by atoms with Crippen LogP contribution in [-0.2, 0) is 32.4 Å². The van der Waals surface area contributed by atoms with Crippen LogP contribution in [0.25, 0.3) is 0 Å². The number of nitrogens with one attached hydrogen (secondary N) is 2. The zero-order valence-corrected chi connectivity index (χ0v) is 18.8. The summed E-state index contributed by atoms with van der Waals surface area (Å²) in [5, 5.41) is 13.7. The Hall–Kier alpha value is -3.31. The maximum Gasteiger partial charge on any atom is 0.321 e. The first-order valence-corrected chi connectivity index (χ1v) is 11.4. The van der Waals surface area contributed by atoms with Crippen LogP contribution < -0.4 is 10.0 Å². The summed E-state index contributed by atoms with van der Waals surface area (Å²) in [5.74, 6) is -1.33. The molecular formula is C21H25N3O7S. The number of nitrogens with zero attached hydrogens (tertiary/aromatic N) is 1. The Labute approximate surface area is 186 Å². The molecule has 0 aliphatic carbocycles. The number of aryl methyl sites for hydroxylation is 2. The molecule has 0 atom stereocenters. The summed E-state index contributed by atoms with van der Waals surface area (Å²) in [6, 6.07) is 8.86. The molecule has 0 aromatic heterocycles. The number of hydrogen-bond donors (Lipinski definition) is 2. The van der Waals surface area contributed by atoms with Crippen LogP contribution in [0, 0.1) is 10.1 Å². The standard InChI is InChI=1S/C21H25N3O7S/c1-4-14-6-7-15(5-2)17(10-14)20(25)13-31-21(26)12-23-32(29,30)16-8-9-18(22-3)19(11-16)24(27)28/h6-11,22-23H,4-5,12-13H2,1-3H3. The van der Waals surface area contributed by atoms with E-state index in [1.54, 1.807) is 6.07 Å². The summed E-state index contributed by atoms with van der Waals surface area (Å²) >= 11 is 0. The van der Waals surface area contributed by atoms with E-state index in [-0.39, 0.29) is 16.4 Å². The van der Waals surface area contributed by atoms with Gasteiger partial charge in [-0.25, -0.2) is 8.42 Å². The molecule has 0 unspecified atom stereocenters. The lowest BCUT2D eigenvalue weighted by molar-refractivity contribution is -0.384. The average molecular weight is 464 g/mol. The number of nitro benzene ring substituents is 1. The number of benzene rings is 2. The van der Waals surface area contributed by atoms with Gasteiger partial charge in [0.1, 0.15) is 12.2 Å². The smallest absolute Gasteiger partial charge is 0.321 e. The first-order chi connectivity index (χ1) is 15.1. The number of Topliss-reactive ketones (excluding diaryl/α,β-unsaturated/α-hetero) is 1. The number of rotatable bonds is 11. The van der Waals surface area contributed by atoms with Gasteiger partial charge in [-0.05, 0) is 42.2 Å². The van der Waals surface area contributed by atoms with Crippen LogP contribution in [0.2, 0.25) is 0 Å². The Morgan fingerprint density at radius 2 is 1.81 bits per heavy atom. The molecule has 0 spiro atoms. The number of anilines is 1. The zero-order valence-electron chi connectivity index (χ0n) is 18.0. The normalized spacial score (nSPS) is 11.1. The van der Waals surface area contributed by atoms with Gasteiger partial charge in [0, 0.05) is 18.7 Å². The van der Waals surface area contributed by atoms with Crippen molar-refractivity contribution >= 4 is 33.2 Å². The molecule has 2 rings (SSSR count). The van der Waals surface area contributed by atoms with Crippen molar-refractivity contribution in [1.82, 2.24) is 4.72 Å². The van der Waals surface area contributed by atoms with E-state index in [2.05, 4.69) is 5.32 Å². The molecule has 2 aromatic carbocycles. The molecule has 11 heteroatoms. The van der Waals surface area contributed by atoms with E-state index < -0.39 is 39.8 Å². The van der Waals surface area contributed by atoms with Gasteiger partial charge in [0.25, 0.3) is 5.69 Å². The fourth-order valence-electron chi connectivity index (χ4n) is 2.96. The minimum atomic E-state index is -4.21. The number of hydrogen-bond acceptors (Lipinski definition) is 8. The molecule has 0 amide bonds. The molecule has 0 fully saturated rings. The maximum absolute atomic E-state index is 12.5. The molecule has 32 heavy (non-hydrogen) atoms. The summed E-state index contributed by atoms with van der Waals surface area (Å²) in [5.41, 5.74) is 1.99. The quantitative estimate of drug-likeness (QED) is 0.224. The molecule has 0 aliphatic heterocycles. The number of nitro groups is 1. The number of carbonyl (C=O) groups is 2. The van der Waals surface area contributed by atoms with Crippen molar-refractivity contribution < 1.29 is 27.7 Å². The number of ketones is 1. The number of esters is 1. The van der Waals surface area contributed by atoms with Crippen molar-refractivity contribution in [2.24, 2.45) is 0 Å². The van der Waals surface area contributed by atoms with Crippen molar-refractivity contribution in [2.45, 2.75) is 31.6 Å². The molecule has 10 nitrogen and oxygen atoms in total. The summed E-state index contributed by atoms with van der Waals surface area (Å²) < 4.78 is 31.7. The predicted molar refractivity (Wildman–Crippen MR) is 118 cm³/mol. The van der Waals surface area contributed by atoms with Gasteiger partial charge >= 0.3 is 5.97 Å². The first kappa shape index (κ1) is 25.0. The molecule has 0 heterocycles. The minimum absolute atomic E-state index is 0.144. The van der Waals surface area contributed by atoms with Gasteiger partial charge in [-0.2, -0.15) is 4.72 Å². The highest BCUT2D eigenvalue weighted by Gasteiger charge is 2.22. The second-order valence-electron chi connectivity index (χ2n) is 6.79. The van der Waals surface area contributed by atoms with Gasteiger partial charge in [-0.3, -0.25) is 19.7 Å². The van der Waals surface area contributed by atoms with Crippen LogP contribution in [0.15, 0.2) is 41.3 Å². The van der Waals surface area contributed by atoms with Gasteiger partial charge in [-0.15, -0.1) is 0 Å².